The van der Waals surface area contributed by atoms with Gasteiger partial charge in [0.05, 0.1) is 6.42 Å². The molecule has 132 valence electrons. The highest BCUT2D eigenvalue weighted by Crippen LogP contribution is 2.11. The molecule has 0 aliphatic heterocycles. The fourth-order valence-corrected chi connectivity index (χ4v) is 2.38. The topological polar surface area (TPSA) is 86.7 Å². The van der Waals surface area contributed by atoms with Gasteiger partial charge in [0.15, 0.2) is 0 Å². The molecule has 0 fully saturated rings. The number of carboxylic acid groups (broad SMARTS) is 1. The van der Waals surface area contributed by atoms with Crippen LogP contribution in [-0.2, 0) is 20.8 Å². The van der Waals surface area contributed by atoms with Crippen molar-refractivity contribution in [2.45, 2.75) is 46.0 Å². The van der Waals surface area contributed by atoms with Crippen molar-refractivity contribution in [3.63, 3.8) is 0 Å². The molecule has 2 amide bonds. The zero-order valence-electron chi connectivity index (χ0n) is 14.4. The predicted molar refractivity (Wildman–Crippen MR) is 92.8 cm³/mol. The van der Waals surface area contributed by atoms with Gasteiger partial charge in [0.25, 0.3) is 0 Å². The highest BCUT2D eigenvalue weighted by atomic mass is 16.4. The average molecular weight is 334 g/mol. The zero-order valence-corrected chi connectivity index (χ0v) is 14.4. The Balaban J connectivity index is 2.45. The molecule has 0 saturated carbocycles. The van der Waals surface area contributed by atoms with Gasteiger partial charge in [0.1, 0.15) is 0 Å². The average Bonchev–Trinajstić information content (AvgIpc) is 2.54. The number of rotatable bonds is 10. The number of anilines is 1. The Hall–Kier alpha value is -2.37. The van der Waals surface area contributed by atoms with Gasteiger partial charge in [-0.15, -0.1) is 0 Å². The molecule has 0 aromatic heterocycles. The fraction of sp³-hybridized carbons (Fsp3) is 0.500. The summed E-state index contributed by atoms with van der Waals surface area (Å²) < 4.78 is 0. The highest BCUT2D eigenvalue weighted by Gasteiger charge is 2.13. The van der Waals surface area contributed by atoms with Gasteiger partial charge in [0, 0.05) is 31.6 Å². The van der Waals surface area contributed by atoms with Gasteiger partial charge in [-0.1, -0.05) is 26.0 Å². The summed E-state index contributed by atoms with van der Waals surface area (Å²) >= 11 is 0. The second-order valence-corrected chi connectivity index (χ2v) is 5.70. The van der Waals surface area contributed by atoms with Crippen LogP contribution in [0, 0.1) is 0 Å². The van der Waals surface area contributed by atoms with Gasteiger partial charge in [-0.25, -0.2) is 0 Å². The van der Waals surface area contributed by atoms with Crippen molar-refractivity contribution < 1.29 is 19.5 Å². The smallest absolute Gasteiger partial charge is 0.307 e. The molecular weight excluding hydrogens is 308 g/mol. The minimum Gasteiger partial charge on any atom is -0.481 e. The second-order valence-electron chi connectivity index (χ2n) is 5.70. The number of carbonyl (C=O) groups is 3. The molecule has 24 heavy (non-hydrogen) atoms. The maximum absolute atomic E-state index is 12.1. The van der Waals surface area contributed by atoms with E-state index >= 15 is 0 Å². The van der Waals surface area contributed by atoms with Gasteiger partial charge in [-0.3, -0.25) is 14.4 Å². The van der Waals surface area contributed by atoms with Gasteiger partial charge in [0.2, 0.25) is 11.8 Å². The van der Waals surface area contributed by atoms with E-state index in [1.54, 1.807) is 29.2 Å². The van der Waals surface area contributed by atoms with Crippen LogP contribution in [0.2, 0.25) is 0 Å². The molecule has 0 spiro atoms. The fourth-order valence-electron chi connectivity index (χ4n) is 2.38. The lowest BCUT2D eigenvalue weighted by Crippen LogP contribution is -2.33. The number of carbonyl (C=O) groups excluding carboxylic acids is 2. The summed E-state index contributed by atoms with van der Waals surface area (Å²) in [7, 11) is 0. The molecule has 0 unspecified atom stereocenters. The Morgan fingerprint density at radius 1 is 1.00 bits per heavy atom. The summed E-state index contributed by atoms with van der Waals surface area (Å²) in [5.74, 6) is -1.11. The van der Waals surface area contributed by atoms with E-state index in [1.165, 1.54) is 0 Å². The van der Waals surface area contributed by atoms with Gasteiger partial charge >= 0.3 is 5.97 Å². The molecule has 0 aliphatic rings. The number of carboxylic acids is 1. The van der Waals surface area contributed by atoms with E-state index in [4.69, 9.17) is 5.11 Å². The van der Waals surface area contributed by atoms with Crippen molar-refractivity contribution in [3.8, 4) is 0 Å². The Morgan fingerprint density at radius 2 is 1.58 bits per heavy atom. The largest absolute Gasteiger partial charge is 0.481 e. The number of hydrogen-bond donors (Lipinski definition) is 2. The SMILES string of the molecule is CCCN(CCC)C(=O)CCC(=O)Nc1ccc(CC(=O)O)cc1. The number of aliphatic carboxylic acids is 1. The van der Waals surface area contributed by atoms with Crippen LogP contribution in [0.3, 0.4) is 0 Å². The van der Waals surface area contributed by atoms with Crippen LogP contribution < -0.4 is 5.32 Å². The van der Waals surface area contributed by atoms with Crippen molar-refractivity contribution in [3.05, 3.63) is 29.8 Å². The van der Waals surface area contributed by atoms with Crippen LogP contribution in [0.25, 0.3) is 0 Å². The van der Waals surface area contributed by atoms with E-state index in [1.807, 2.05) is 13.8 Å². The van der Waals surface area contributed by atoms with Gasteiger partial charge < -0.3 is 15.3 Å². The predicted octanol–water partition coefficient (Wildman–Crippen LogP) is 2.68. The van der Waals surface area contributed by atoms with Crippen LogP contribution in [0.4, 0.5) is 5.69 Å². The van der Waals surface area contributed by atoms with Gasteiger partial charge in [-0.05, 0) is 30.5 Å². The van der Waals surface area contributed by atoms with E-state index in [-0.39, 0.29) is 31.1 Å². The minimum atomic E-state index is -0.894. The lowest BCUT2D eigenvalue weighted by atomic mass is 10.1. The van der Waals surface area contributed by atoms with E-state index in [0.29, 0.717) is 11.3 Å². The van der Waals surface area contributed by atoms with Crippen molar-refractivity contribution >= 4 is 23.5 Å². The molecule has 0 radical (unpaired) electrons. The molecule has 0 atom stereocenters. The maximum atomic E-state index is 12.1. The van der Waals surface area contributed by atoms with Crippen LogP contribution in [0.15, 0.2) is 24.3 Å². The first kappa shape index (κ1) is 19.7. The minimum absolute atomic E-state index is 0.00524. The first-order valence-electron chi connectivity index (χ1n) is 8.34. The number of amides is 2. The zero-order chi connectivity index (χ0) is 17.9. The number of hydrogen-bond acceptors (Lipinski definition) is 3. The maximum Gasteiger partial charge on any atom is 0.307 e. The standard InChI is InChI=1S/C18H26N2O4/c1-3-11-20(12-4-2)17(22)10-9-16(21)19-15-7-5-14(6-8-15)13-18(23)24/h5-8H,3-4,9-13H2,1-2H3,(H,19,21)(H,23,24). The van der Waals surface area contributed by atoms with Crippen LogP contribution in [0.1, 0.15) is 45.1 Å². The Kier molecular flexibility index (Phi) is 8.54. The lowest BCUT2D eigenvalue weighted by molar-refractivity contribution is -0.136. The second kappa shape index (κ2) is 10.4. The summed E-state index contributed by atoms with van der Waals surface area (Å²) in [6.45, 7) is 5.49. The summed E-state index contributed by atoms with van der Waals surface area (Å²) in [4.78, 5) is 36.5. The molecule has 0 bridgehead atoms. The number of benzene rings is 1. The quantitative estimate of drug-likeness (QED) is 0.689. The number of nitrogens with one attached hydrogen (secondary N) is 1. The third-order valence-corrected chi connectivity index (χ3v) is 3.50. The van der Waals surface area contributed by atoms with Gasteiger partial charge in [-0.2, -0.15) is 0 Å². The molecule has 0 aliphatic carbocycles. The van der Waals surface area contributed by atoms with Crippen LogP contribution in [-0.4, -0.2) is 40.9 Å². The van der Waals surface area contributed by atoms with E-state index in [0.717, 1.165) is 25.9 Å². The Labute approximate surface area is 142 Å². The van der Waals surface area contributed by atoms with Crippen molar-refractivity contribution in [2.24, 2.45) is 0 Å². The van der Waals surface area contributed by atoms with E-state index < -0.39 is 5.97 Å². The molecule has 1 rings (SSSR count). The summed E-state index contributed by atoms with van der Waals surface area (Å²) in [5, 5.41) is 11.4. The summed E-state index contributed by atoms with van der Waals surface area (Å²) in [6, 6.07) is 6.66. The molecule has 1 aromatic rings. The normalized spacial score (nSPS) is 10.2. The monoisotopic (exact) mass is 334 g/mol. The molecule has 2 N–H and O–H groups in total. The lowest BCUT2D eigenvalue weighted by Gasteiger charge is -2.21. The molecule has 6 heteroatoms. The van der Waals surface area contributed by atoms with E-state index in [2.05, 4.69) is 5.32 Å². The van der Waals surface area contributed by atoms with Crippen LogP contribution in [0.5, 0.6) is 0 Å². The number of nitrogens with zero attached hydrogens (tertiary/aromatic N) is 1. The first-order chi connectivity index (χ1) is 11.5. The third kappa shape index (κ3) is 7.26. The summed E-state index contributed by atoms with van der Waals surface area (Å²) in [5.41, 5.74) is 1.27. The first-order valence-corrected chi connectivity index (χ1v) is 8.34. The summed E-state index contributed by atoms with van der Waals surface area (Å²) in [6.07, 6.45) is 2.09. The highest BCUT2D eigenvalue weighted by molar-refractivity contribution is 5.93. The molecule has 1 aromatic carbocycles. The molecule has 6 nitrogen and oxygen atoms in total. The third-order valence-electron chi connectivity index (χ3n) is 3.50. The van der Waals surface area contributed by atoms with Crippen molar-refractivity contribution in [2.75, 3.05) is 18.4 Å². The molecule has 0 heterocycles. The Morgan fingerprint density at radius 3 is 2.08 bits per heavy atom. The van der Waals surface area contributed by atoms with Crippen LogP contribution >= 0.6 is 0 Å². The molecule has 0 saturated heterocycles. The Bertz CT molecular complexity index is 549. The molecular formula is C18H26N2O4. The van der Waals surface area contributed by atoms with Crippen molar-refractivity contribution in [1.82, 2.24) is 4.90 Å². The van der Waals surface area contributed by atoms with E-state index in [9.17, 15) is 14.4 Å². The van der Waals surface area contributed by atoms with Crippen molar-refractivity contribution in [1.29, 1.82) is 0 Å².